The summed E-state index contributed by atoms with van der Waals surface area (Å²) in [5.74, 6) is -0.396. The third-order valence-corrected chi connectivity index (χ3v) is 2.03. The molecular formula is C7H14N2O. The van der Waals surface area contributed by atoms with Crippen molar-refractivity contribution >= 4 is 12.1 Å². The van der Waals surface area contributed by atoms with E-state index in [2.05, 4.69) is 0 Å². The smallest absolute Gasteiger partial charge is 0.228 e. The van der Waals surface area contributed by atoms with Gasteiger partial charge < -0.3 is 11.1 Å². The highest BCUT2D eigenvalue weighted by atomic mass is 16.1. The molecule has 3 heteroatoms. The average molecular weight is 142 g/mol. The first-order chi connectivity index (χ1) is 4.63. The van der Waals surface area contributed by atoms with Gasteiger partial charge in [-0.2, -0.15) is 0 Å². The van der Waals surface area contributed by atoms with Crippen molar-refractivity contribution < 1.29 is 4.79 Å². The molecule has 0 aromatic carbocycles. The van der Waals surface area contributed by atoms with E-state index >= 15 is 0 Å². The van der Waals surface area contributed by atoms with E-state index in [1.165, 1.54) is 0 Å². The van der Waals surface area contributed by atoms with E-state index < -0.39 is 11.3 Å². The Morgan fingerprint density at radius 1 is 1.60 bits per heavy atom. The van der Waals surface area contributed by atoms with Crippen molar-refractivity contribution in [3.63, 3.8) is 0 Å². The Kier molecular flexibility index (Phi) is 3.06. The zero-order chi connectivity index (χ0) is 8.20. The predicted molar refractivity (Wildman–Crippen MR) is 41.0 cm³/mol. The average Bonchev–Trinajstić information content (AvgIpc) is 1.92. The lowest BCUT2D eigenvalue weighted by atomic mass is 9.83. The maximum Gasteiger partial charge on any atom is 0.228 e. The van der Waals surface area contributed by atoms with E-state index in [1.54, 1.807) is 0 Å². The summed E-state index contributed by atoms with van der Waals surface area (Å²) in [4.78, 5) is 10.8. The maximum absolute atomic E-state index is 10.8. The van der Waals surface area contributed by atoms with Gasteiger partial charge in [0.1, 0.15) is 0 Å². The van der Waals surface area contributed by atoms with Crippen LogP contribution in [0.4, 0.5) is 0 Å². The number of amides is 1. The third-order valence-electron chi connectivity index (χ3n) is 2.03. The number of hydrogen-bond acceptors (Lipinski definition) is 2. The molecule has 0 saturated heterocycles. The Labute approximate surface area is 61.1 Å². The molecule has 0 aromatic rings. The van der Waals surface area contributed by atoms with Crippen LogP contribution < -0.4 is 5.73 Å². The summed E-state index contributed by atoms with van der Waals surface area (Å²) in [6.45, 7) is 3.72. The van der Waals surface area contributed by atoms with Crippen LogP contribution in [0.1, 0.15) is 26.7 Å². The number of carbonyl (C=O) groups is 1. The van der Waals surface area contributed by atoms with Crippen molar-refractivity contribution in [3.05, 3.63) is 0 Å². The fraction of sp³-hybridized carbons (Fsp3) is 0.714. The normalized spacial score (nSPS) is 11.0. The molecule has 0 aliphatic rings. The van der Waals surface area contributed by atoms with Crippen LogP contribution in [0.25, 0.3) is 0 Å². The van der Waals surface area contributed by atoms with E-state index in [0.29, 0.717) is 12.8 Å². The summed E-state index contributed by atoms with van der Waals surface area (Å²) in [5.41, 5.74) is 4.42. The highest BCUT2D eigenvalue weighted by Crippen LogP contribution is 2.22. The number of primary amides is 1. The van der Waals surface area contributed by atoms with Crippen LogP contribution in [0.5, 0.6) is 0 Å². The number of nitrogens with two attached hydrogens (primary N) is 1. The van der Waals surface area contributed by atoms with Crippen molar-refractivity contribution in [2.24, 2.45) is 11.1 Å². The number of rotatable bonds is 4. The second-order valence-corrected chi connectivity index (χ2v) is 2.37. The molecule has 0 heterocycles. The van der Waals surface area contributed by atoms with Gasteiger partial charge in [0.25, 0.3) is 0 Å². The standard InChI is InChI=1S/C7H14N2O/c1-3-7(4-2,5-8)6(9)10/h5,8H,3-4H2,1-2H3,(H2,9,10). The molecule has 0 unspecified atom stereocenters. The maximum atomic E-state index is 10.8. The predicted octanol–water partition coefficient (Wildman–Crippen LogP) is 0.928. The summed E-state index contributed by atoms with van der Waals surface area (Å²) in [7, 11) is 0. The first-order valence-corrected chi connectivity index (χ1v) is 3.44. The van der Waals surface area contributed by atoms with Crippen molar-refractivity contribution in [1.29, 1.82) is 5.41 Å². The fourth-order valence-corrected chi connectivity index (χ4v) is 0.874. The Morgan fingerprint density at radius 2 is 2.00 bits per heavy atom. The van der Waals surface area contributed by atoms with Gasteiger partial charge in [-0.15, -0.1) is 0 Å². The Hall–Kier alpha value is -0.860. The van der Waals surface area contributed by atoms with E-state index in [-0.39, 0.29) is 0 Å². The molecule has 0 rings (SSSR count). The molecule has 1 amide bonds. The first kappa shape index (κ1) is 9.14. The summed E-state index contributed by atoms with van der Waals surface area (Å²) >= 11 is 0. The number of hydrogen-bond donors (Lipinski definition) is 2. The Balaban J connectivity index is 4.46. The van der Waals surface area contributed by atoms with Gasteiger partial charge in [0, 0.05) is 6.21 Å². The van der Waals surface area contributed by atoms with Crippen molar-refractivity contribution in [2.45, 2.75) is 26.7 Å². The second kappa shape index (κ2) is 3.34. The van der Waals surface area contributed by atoms with Crippen LogP contribution in [0, 0.1) is 10.8 Å². The largest absolute Gasteiger partial charge is 0.369 e. The summed E-state index contributed by atoms with van der Waals surface area (Å²) in [5, 5.41) is 7.01. The number of carbonyl (C=O) groups excluding carboxylic acids is 1. The SMILES string of the molecule is CCC(C=N)(CC)C(N)=O. The van der Waals surface area contributed by atoms with Crippen LogP contribution >= 0.6 is 0 Å². The van der Waals surface area contributed by atoms with E-state index in [9.17, 15) is 4.79 Å². The Bertz CT molecular complexity index is 139. The lowest BCUT2D eigenvalue weighted by Crippen LogP contribution is -2.37. The van der Waals surface area contributed by atoms with Crippen LogP contribution in [-0.2, 0) is 4.79 Å². The first-order valence-electron chi connectivity index (χ1n) is 3.44. The zero-order valence-corrected chi connectivity index (χ0v) is 6.48. The van der Waals surface area contributed by atoms with Crippen molar-refractivity contribution in [2.75, 3.05) is 0 Å². The molecule has 0 fully saturated rings. The highest BCUT2D eigenvalue weighted by molar-refractivity contribution is 5.96. The molecular weight excluding hydrogens is 128 g/mol. The Morgan fingerprint density at radius 3 is 2.00 bits per heavy atom. The van der Waals surface area contributed by atoms with Crippen LogP contribution in [-0.4, -0.2) is 12.1 Å². The lowest BCUT2D eigenvalue weighted by Gasteiger charge is -2.21. The third kappa shape index (κ3) is 1.35. The number of nitrogens with one attached hydrogen (secondary N) is 1. The molecule has 0 aliphatic carbocycles. The van der Waals surface area contributed by atoms with Gasteiger partial charge in [0.05, 0.1) is 5.41 Å². The zero-order valence-electron chi connectivity index (χ0n) is 6.48. The van der Waals surface area contributed by atoms with Gasteiger partial charge in [-0.05, 0) is 12.8 Å². The van der Waals surface area contributed by atoms with Gasteiger partial charge in [0.15, 0.2) is 0 Å². The van der Waals surface area contributed by atoms with E-state index in [1.807, 2.05) is 13.8 Å². The summed E-state index contributed by atoms with van der Waals surface area (Å²) in [6.07, 6.45) is 2.38. The quantitative estimate of drug-likeness (QED) is 0.563. The molecule has 0 spiro atoms. The van der Waals surface area contributed by atoms with Crippen LogP contribution in [0.2, 0.25) is 0 Å². The molecule has 0 atom stereocenters. The lowest BCUT2D eigenvalue weighted by molar-refractivity contribution is -0.124. The molecule has 0 aromatic heterocycles. The topological polar surface area (TPSA) is 66.9 Å². The molecule has 0 radical (unpaired) electrons. The summed E-state index contributed by atoms with van der Waals surface area (Å²) < 4.78 is 0. The van der Waals surface area contributed by atoms with Crippen LogP contribution in [0.3, 0.4) is 0 Å². The molecule has 58 valence electrons. The van der Waals surface area contributed by atoms with Gasteiger partial charge in [-0.25, -0.2) is 0 Å². The molecule has 3 N–H and O–H groups in total. The van der Waals surface area contributed by atoms with Gasteiger partial charge in [0.2, 0.25) is 5.91 Å². The fourth-order valence-electron chi connectivity index (χ4n) is 0.874. The van der Waals surface area contributed by atoms with Crippen molar-refractivity contribution in [1.82, 2.24) is 0 Å². The summed E-state index contributed by atoms with van der Waals surface area (Å²) in [6, 6.07) is 0. The monoisotopic (exact) mass is 142 g/mol. The molecule has 0 aliphatic heterocycles. The molecule has 0 saturated carbocycles. The minimum absolute atomic E-state index is 0.396. The van der Waals surface area contributed by atoms with Gasteiger partial charge in [-0.3, -0.25) is 4.79 Å². The molecule has 0 bridgehead atoms. The minimum atomic E-state index is -0.694. The molecule has 10 heavy (non-hydrogen) atoms. The van der Waals surface area contributed by atoms with E-state index in [0.717, 1.165) is 6.21 Å². The van der Waals surface area contributed by atoms with Gasteiger partial charge in [-0.1, -0.05) is 13.8 Å². The highest BCUT2D eigenvalue weighted by Gasteiger charge is 2.29. The molecule has 3 nitrogen and oxygen atoms in total. The van der Waals surface area contributed by atoms with E-state index in [4.69, 9.17) is 11.1 Å². The van der Waals surface area contributed by atoms with Crippen LogP contribution in [0.15, 0.2) is 0 Å². The van der Waals surface area contributed by atoms with Crippen molar-refractivity contribution in [3.8, 4) is 0 Å². The minimum Gasteiger partial charge on any atom is -0.369 e. The second-order valence-electron chi connectivity index (χ2n) is 2.37. The van der Waals surface area contributed by atoms with Gasteiger partial charge >= 0.3 is 0 Å².